The van der Waals surface area contributed by atoms with Gasteiger partial charge >= 0.3 is 0 Å². The van der Waals surface area contributed by atoms with Gasteiger partial charge in [-0.15, -0.1) is 11.3 Å². The van der Waals surface area contributed by atoms with Gasteiger partial charge in [0.1, 0.15) is 23.4 Å². The summed E-state index contributed by atoms with van der Waals surface area (Å²) in [5.74, 6) is 0.643. The van der Waals surface area contributed by atoms with Crippen molar-refractivity contribution in [3.63, 3.8) is 0 Å². The predicted molar refractivity (Wildman–Crippen MR) is 113 cm³/mol. The summed E-state index contributed by atoms with van der Waals surface area (Å²) in [5.41, 5.74) is 2.51. The van der Waals surface area contributed by atoms with Gasteiger partial charge in [-0.2, -0.15) is 5.26 Å². The zero-order chi connectivity index (χ0) is 21.3. The third-order valence-corrected chi connectivity index (χ3v) is 6.82. The molecule has 2 unspecified atom stereocenters. The van der Waals surface area contributed by atoms with E-state index in [1.165, 1.54) is 18.4 Å². The predicted octanol–water partition coefficient (Wildman–Crippen LogP) is 2.90. The van der Waals surface area contributed by atoms with Crippen molar-refractivity contribution in [1.82, 2.24) is 4.90 Å². The molecule has 0 bridgehead atoms. The number of carbonyl (C=O) groups excluding carboxylic acids is 2. The number of rotatable bonds is 6. The molecular weight excluding hydrogens is 402 g/mol. The highest BCUT2D eigenvalue weighted by Crippen LogP contribution is 2.51. The van der Waals surface area contributed by atoms with Crippen molar-refractivity contribution < 1.29 is 19.1 Å². The summed E-state index contributed by atoms with van der Waals surface area (Å²) in [4.78, 5) is 27.7. The third-order valence-electron chi connectivity index (χ3n) is 5.69. The number of fused-ring (bicyclic) bond motifs is 1. The molecule has 30 heavy (non-hydrogen) atoms. The summed E-state index contributed by atoms with van der Waals surface area (Å²) < 4.78 is 10.4. The monoisotopic (exact) mass is 425 g/mol. The molecule has 1 aromatic carbocycles. The topological polar surface area (TPSA) is 91.7 Å². The second kappa shape index (κ2) is 8.46. The van der Waals surface area contributed by atoms with E-state index in [-0.39, 0.29) is 30.3 Å². The Labute approximate surface area is 179 Å². The van der Waals surface area contributed by atoms with E-state index in [0.717, 1.165) is 28.2 Å². The quantitative estimate of drug-likeness (QED) is 0.768. The molecule has 0 saturated heterocycles. The second-order valence-corrected chi connectivity index (χ2v) is 8.60. The van der Waals surface area contributed by atoms with E-state index < -0.39 is 0 Å². The maximum Gasteiger partial charge on any atom is 0.248 e. The molecule has 8 heteroatoms. The Hall–Kier alpha value is -2.89. The highest BCUT2D eigenvalue weighted by molar-refractivity contribution is 7.16. The Balaban J connectivity index is 1.48. The van der Waals surface area contributed by atoms with Gasteiger partial charge in [0.15, 0.2) is 0 Å². The van der Waals surface area contributed by atoms with Gasteiger partial charge in [-0.3, -0.25) is 9.59 Å². The van der Waals surface area contributed by atoms with Crippen molar-refractivity contribution in [2.75, 3.05) is 32.7 Å². The molecule has 7 nitrogen and oxygen atoms in total. The minimum Gasteiger partial charge on any atom is -0.496 e. The van der Waals surface area contributed by atoms with Crippen LogP contribution in [-0.2, 0) is 27.3 Å². The molecule has 2 atom stereocenters. The molecule has 1 aliphatic heterocycles. The van der Waals surface area contributed by atoms with Crippen molar-refractivity contribution in [2.45, 2.75) is 25.3 Å². The van der Waals surface area contributed by atoms with Gasteiger partial charge in [-0.1, -0.05) is 18.2 Å². The molecule has 2 aromatic rings. The van der Waals surface area contributed by atoms with E-state index in [1.54, 1.807) is 12.0 Å². The maximum atomic E-state index is 12.9. The molecule has 2 amide bonds. The van der Waals surface area contributed by atoms with Crippen molar-refractivity contribution >= 4 is 28.2 Å². The van der Waals surface area contributed by atoms with Gasteiger partial charge in [0.05, 0.1) is 19.2 Å². The molecule has 156 valence electrons. The van der Waals surface area contributed by atoms with E-state index in [4.69, 9.17) is 9.47 Å². The van der Waals surface area contributed by atoms with Crippen LogP contribution >= 0.6 is 11.3 Å². The molecule has 0 spiro atoms. The van der Waals surface area contributed by atoms with Crippen LogP contribution in [0, 0.1) is 17.2 Å². The smallest absolute Gasteiger partial charge is 0.248 e. The van der Waals surface area contributed by atoms with Crippen molar-refractivity contribution in [3.05, 3.63) is 45.8 Å². The number of amides is 2. The number of benzene rings is 1. The van der Waals surface area contributed by atoms with E-state index >= 15 is 0 Å². The molecule has 0 radical (unpaired) electrons. The lowest BCUT2D eigenvalue weighted by molar-refractivity contribution is -0.136. The van der Waals surface area contributed by atoms with E-state index in [2.05, 4.69) is 11.4 Å². The fourth-order valence-corrected chi connectivity index (χ4v) is 5.26. The van der Waals surface area contributed by atoms with Crippen molar-refractivity contribution in [2.24, 2.45) is 5.92 Å². The van der Waals surface area contributed by atoms with Crippen molar-refractivity contribution in [1.29, 1.82) is 5.26 Å². The molecule has 2 aliphatic rings. The van der Waals surface area contributed by atoms with Crippen LogP contribution in [0.15, 0.2) is 24.3 Å². The zero-order valence-electron chi connectivity index (χ0n) is 16.9. The first-order valence-corrected chi connectivity index (χ1v) is 10.6. The number of ether oxygens (including phenoxy) is 2. The Morgan fingerprint density at radius 2 is 2.13 bits per heavy atom. The lowest BCUT2D eigenvalue weighted by atomic mass is 10.0. The standard InChI is InChI=1S/C22H23N3O4S/c1-28-12-20(26)25-8-7-14-17(10-23)22(30-19(14)11-25)24-21(27)16-9-15(16)13-5-3-4-6-18(13)29-2/h3-6,15-16H,7-9,11-12H2,1-2H3,(H,24,27). The van der Waals surface area contributed by atoms with Crippen LogP contribution < -0.4 is 10.1 Å². The second-order valence-electron chi connectivity index (χ2n) is 7.50. The first-order valence-electron chi connectivity index (χ1n) is 9.82. The number of hydrogen-bond donors (Lipinski definition) is 1. The third kappa shape index (κ3) is 3.78. The minimum atomic E-state index is -0.133. The number of thiophene rings is 1. The van der Waals surface area contributed by atoms with Gasteiger partial charge in [-0.25, -0.2) is 0 Å². The number of methoxy groups -OCH3 is 2. The highest BCUT2D eigenvalue weighted by Gasteiger charge is 2.45. The Morgan fingerprint density at radius 1 is 1.33 bits per heavy atom. The van der Waals surface area contributed by atoms with Crippen LogP contribution in [0.25, 0.3) is 0 Å². The van der Waals surface area contributed by atoms with Crippen LogP contribution in [0.2, 0.25) is 0 Å². The number of anilines is 1. The average Bonchev–Trinajstić information content (AvgIpc) is 3.49. The van der Waals surface area contributed by atoms with Crippen LogP contribution in [0.3, 0.4) is 0 Å². The number of carbonyl (C=O) groups is 2. The summed E-state index contributed by atoms with van der Waals surface area (Å²) in [5, 5.41) is 13.2. The number of nitriles is 1. The minimum absolute atomic E-state index is 0.0431. The molecule has 1 N–H and O–H groups in total. The maximum absolute atomic E-state index is 12.9. The van der Waals surface area contributed by atoms with Gasteiger partial charge < -0.3 is 19.7 Å². The van der Waals surface area contributed by atoms with Crippen LogP contribution in [0.4, 0.5) is 5.00 Å². The normalized spacial score (nSPS) is 19.6. The summed E-state index contributed by atoms with van der Waals surface area (Å²) in [6, 6.07) is 10.0. The first kappa shape index (κ1) is 20.4. The Kier molecular flexibility index (Phi) is 5.75. The lowest BCUT2D eigenvalue weighted by Gasteiger charge is -2.26. The van der Waals surface area contributed by atoms with E-state index in [9.17, 15) is 14.9 Å². The van der Waals surface area contributed by atoms with E-state index in [0.29, 0.717) is 30.1 Å². The summed E-state index contributed by atoms with van der Waals surface area (Å²) in [6.07, 6.45) is 1.37. The SMILES string of the molecule is COCC(=O)N1CCc2c(sc(NC(=O)C3CC3c3ccccc3OC)c2C#N)C1. The van der Waals surface area contributed by atoms with E-state index in [1.807, 2.05) is 24.3 Å². The fourth-order valence-electron chi connectivity index (χ4n) is 4.04. The van der Waals surface area contributed by atoms with Crippen LogP contribution in [-0.4, -0.2) is 44.1 Å². The van der Waals surface area contributed by atoms with Crippen LogP contribution in [0.1, 0.15) is 33.9 Å². The van der Waals surface area contributed by atoms with Crippen molar-refractivity contribution in [3.8, 4) is 11.8 Å². The van der Waals surface area contributed by atoms with Crippen LogP contribution in [0.5, 0.6) is 5.75 Å². The number of para-hydroxylation sites is 1. The lowest BCUT2D eigenvalue weighted by Crippen LogP contribution is -2.37. The Morgan fingerprint density at radius 3 is 2.87 bits per heavy atom. The largest absolute Gasteiger partial charge is 0.496 e. The summed E-state index contributed by atoms with van der Waals surface area (Å²) in [7, 11) is 3.13. The number of nitrogens with one attached hydrogen (secondary N) is 1. The molecule has 2 heterocycles. The first-order chi connectivity index (χ1) is 14.6. The fraction of sp³-hybridized carbons (Fsp3) is 0.409. The van der Waals surface area contributed by atoms with Gasteiger partial charge in [0.2, 0.25) is 11.8 Å². The molecule has 1 aliphatic carbocycles. The molecule has 1 saturated carbocycles. The zero-order valence-corrected chi connectivity index (χ0v) is 17.8. The summed E-state index contributed by atoms with van der Waals surface area (Å²) >= 11 is 1.39. The number of nitrogens with zero attached hydrogens (tertiary/aromatic N) is 2. The van der Waals surface area contributed by atoms with Gasteiger partial charge in [0.25, 0.3) is 0 Å². The molecule has 1 fully saturated rings. The highest BCUT2D eigenvalue weighted by atomic mass is 32.1. The number of hydrogen-bond acceptors (Lipinski definition) is 6. The molecule has 1 aromatic heterocycles. The van der Waals surface area contributed by atoms with Gasteiger partial charge in [0, 0.05) is 24.4 Å². The summed E-state index contributed by atoms with van der Waals surface area (Å²) in [6.45, 7) is 1.04. The Bertz CT molecular complexity index is 1030. The molecular formula is C22H23N3O4S. The van der Waals surface area contributed by atoms with Gasteiger partial charge in [-0.05, 0) is 36.0 Å². The molecule has 4 rings (SSSR count). The average molecular weight is 426 g/mol.